The normalized spacial score (nSPS) is 15.1. The van der Waals surface area contributed by atoms with Gasteiger partial charge >= 0.3 is 0 Å². The number of rotatable bonds is 5. The Labute approximate surface area is 172 Å². The molecule has 3 aromatic rings. The third-order valence-electron chi connectivity index (χ3n) is 5.80. The quantitative estimate of drug-likeness (QED) is 0.666. The molecule has 1 fully saturated rings. The Bertz CT molecular complexity index is 972. The molecule has 0 aromatic carbocycles. The highest BCUT2D eigenvalue weighted by molar-refractivity contribution is 5.57. The lowest BCUT2D eigenvalue weighted by Crippen LogP contribution is -2.46. The van der Waals surface area contributed by atoms with Gasteiger partial charge in [-0.3, -0.25) is 14.6 Å². The van der Waals surface area contributed by atoms with Crippen molar-refractivity contribution in [3.05, 3.63) is 53.2 Å². The van der Waals surface area contributed by atoms with Gasteiger partial charge in [-0.15, -0.1) is 0 Å². The number of hydrogen-bond acceptors (Lipinski definition) is 6. The van der Waals surface area contributed by atoms with Crippen LogP contribution in [-0.4, -0.2) is 55.8 Å². The average Bonchev–Trinajstić information content (AvgIpc) is 3.00. The summed E-state index contributed by atoms with van der Waals surface area (Å²) in [6.45, 7) is 11.3. The van der Waals surface area contributed by atoms with E-state index in [-0.39, 0.29) is 0 Å². The molecule has 0 saturated carbocycles. The Balaban J connectivity index is 1.48. The molecule has 4 heterocycles. The molecule has 1 aliphatic heterocycles. The predicted molar refractivity (Wildman–Crippen MR) is 115 cm³/mol. The molecule has 1 saturated heterocycles. The van der Waals surface area contributed by atoms with Crippen molar-refractivity contribution >= 4 is 5.82 Å². The number of hydrogen-bond donors (Lipinski definition) is 0. The van der Waals surface area contributed by atoms with Crippen LogP contribution in [0.4, 0.5) is 5.82 Å². The lowest BCUT2D eigenvalue weighted by molar-refractivity contribution is 0.248. The number of nitrogens with zero attached hydrogens (tertiary/aromatic N) is 7. The summed E-state index contributed by atoms with van der Waals surface area (Å²) in [7, 11) is 2.02. The van der Waals surface area contributed by atoms with Crippen LogP contribution in [0.1, 0.15) is 29.6 Å². The molecular formula is C22H29N7. The summed E-state index contributed by atoms with van der Waals surface area (Å²) in [5, 5.41) is 4.55. The molecule has 3 aromatic heterocycles. The van der Waals surface area contributed by atoms with E-state index in [1.807, 2.05) is 23.9 Å². The lowest BCUT2D eigenvalue weighted by Gasteiger charge is -2.35. The molecule has 152 valence electrons. The lowest BCUT2D eigenvalue weighted by atomic mass is 10.1. The van der Waals surface area contributed by atoms with Gasteiger partial charge in [0.05, 0.1) is 5.69 Å². The van der Waals surface area contributed by atoms with E-state index in [1.54, 1.807) is 12.4 Å². The molecule has 7 heteroatoms. The second-order valence-corrected chi connectivity index (χ2v) is 7.67. The molecule has 4 rings (SSSR count). The minimum Gasteiger partial charge on any atom is -0.354 e. The van der Waals surface area contributed by atoms with Crippen molar-refractivity contribution < 1.29 is 0 Å². The maximum absolute atomic E-state index is 4.87. The van der Waals surface area contributed by atoms with Gasteiger partial charge in [0.15, 0.2) is 5.82 Å². The van der Waals surface area contributed by atoms with Crippen LogP contribution in [0.25, 0.3) is 11.4 Å². The summed E-state index contributed by atoms with van der Waals surface area (Å²) in [5.41, 5.74) is 5.84. The van der Waals surface area contributed by atoms with Crippen molar-refractivity contribution in [3.8, 4) is 11.4 Å². The number of piperazine rings is 1. The standard InChI is InChI=1S/C22H29N7/c1-5-19-14-21(25-22(24-19)18-6-8-23-9-7-18)29-12-10-28(11-13-29)15-20-16(2)26-27(4)17(20)3/h6-9,14H,5,10-13,15H2,1-4H3. The first kappa shape index (κ1) is 19.5. The second-order valence-electron chi connectivity index (χ2n) is 7.67. The summed E-state index contributed by atoms with van der Waals surface area (Å²) in [6, 6.07) is 6.07. The van der Waals surface area contributed by atoms with E-state index < -0.39 is 0 Å². The topological polar surface area (TPSA) is 63.0 Å². The molecule has 0 bridgehead atoms. The first-order chi connectivity index (χ1) is 14.0. The first-order valence-corrected chi connectivity index (χ1v) is 10.3. The summed E-state index contributed by atoms with van der Waals surface area (Å²) in [6.07, 6.45) is 4.48. The van der Waals surface area contributed by atoms with Crippen LogP contribution in [-0.2, 0) is 20.0 Å². The SMILES string of the molecule is CCc1cc(N2CCN(Cc3c(C)nn(C)c3C)CC2)nc(-c2ccncc2)n1. The van der Waals surface area contributed by atoms with Gasteiger partial charge in [0.1, 0.15) is 5.82 Å². The monoisotopic (exact) mass is 391 g/mol. The molecule has 0 radical (unpaired) electrons. The number of aromatic nitrogens is 5. The van der Waals surface area contributed by atoms with E-state index in [0.717, 1.165) is 67.7 Å². The van der Waals surface area contributed by atoms with E-state index >= 15 is 0 Å². The Kier molecular flexibility index (Phi) is 5.58. The fourth-order valence-electron chi connectivity index (χ4n) is 3.86. The molecule has 0 spiro atoms. The fourth-order valence-corrected chi connectivity index (χ4v) is 3.86. The van der Waals surface area contributed by atoms with Gasteiger partial charge in [0.2, 0.25) is 0 Å². The highest BCUT2D eigenvalue weighted by atomic mass is 15.3. The van der Waals surface area contributed by atoms with Gasteiger partial charge in [0.25, 0.3) is 0 Å². The van der Waals surface area contributed by atoms with Crippen molar-refractivity contribution in [2.24, 2.45) is 7.05 Å². The van der Waals surface area contributed by atoms with Gasteiger partial charge in [-0.05, 0) is 32.4 Å². The van der Waals surface area contributed by atoms with Crippen LogP contribution >= 0.6 is 0 Å². The second kappa shape index (κ2) is 8.29. The molecule has 0 amide bonds. The highest BCUT2D eigenvalue weighted by Crippen LogP contribution is 2.22. The van der Waals surface area contributed by atoms with Gasteiger partial charge in [0, 0.05) is 80.7 Å². The van der Waals surface area contributed by atoms with Gasteiger partial charge in [-0.1, -0.05) is 6.92 Å². The van der Waals surface area contributed by atoms with Crippen LogP contribution in [0.5, 0.6) is 0 Å². The van der Waals surface area contributed by atoms with E-state index in [4.69, 9.17) is 9.97 Å². The zero-order chi connectivity index (χ0) is 20.4. The summed E-state index contributed by atoms with van der Waals surface area (Å²) < 4.78 is 1.98. The maximum atomic E-state index is 4.87. The maximum Gasteiger partial charge on any atom is 0.161 e. The van der Waals surface area contributed by atoms with Crippen molar-refractivity contribution in [1.82, 2.24) is 29.6 Å². The van der Waals surface area contributed by atoms with E-state index in [1.165, 1.54) is 11.3 Å². The predicted octanol–water partition coefficient (Wildman–Crippen LogP) is 2.77. The zero-order valence-electron chi connectivity index (χ0n) is 17.8. The average molecular weight is 392 g/mol. The Morgan fingerprint density at radius 1 is 1.00 bits per heavy atom. The fraction of sp³-hybridized carbons (Fsp3) is 0.455. The molecule has 0 N–H and O–H groups in total. The number of aryl methyl sites for hydroxylation is 3. The van der Waals surface area contributed by atoms with Crippen molar-refractivity contribution in [2.45, 2.75) is 33.7 Å². The smallest absolute Gasteiger partial charge is 0.161 e. The molecule has 7 nitrogen and oxygen atoms in total. The minimum atomic E-state index is 0.783. The number of anilines is 1. The van der Waals surface area contributed by atoms with Crippen molar-refractivity contribution in [1.29, 1.82) is 0 Å². The summed E-state index contributed by atoms with van der Waals surface area (Å²) in [4.78, 5) is 18.6. The molecule has 0 aliphatic carbocycles. The number of pyridine rings is 1. The Morgan fingerprint density at radius 2 is 1.72 bits per heavy atom. The molecule has 29 heavy (non-hydrogen) atoms. The highest BCUT2D eigenvalue weighted by Gasteiger charge is 2.21. The molecule has 1 aliphatic rings. The van der Waals surface area contributed by atoms with E-state index in [2.05, 4.69) is 46.7 Å². The Hall–Kier alpha value is -2.80. The molecule has 0 atom stereocenters. The van der Waals surface area contributed by atoms with Crippen molar-refractivity contribution in [3.63, 3.8) is 0 Å². The van der Waals surface area contributed by atoms with Crippen LogP contribution in [0, 0.1) is 13.8 Å². The third kappa shape index (κ3) is 4.15. The van der Waals surface area contributed by atoms with E-state index in [9.17, 15) is 0 Å². The van der Waals surface area contributed by atoms with Gasteiger partial charge in [-0.25, -0.2) is 9.97 Å². The zero-order valence-corrected chi connectivity index (χ0v) is 17.8. The largest absolute Gasteiger partial charge is 0.354 e. The third-order valence-corrected chi connectivity index (χ3v) is 5.80. The summed E-state index contributed by atoms with van der Waals surface area (Å²) in [5.74, 6) is 1.81. The minimum absolute atomic E-state index is 0.783. The van der Waals surface area contributed by atoms with Crippen LogP contribution in [0.15, 0.2) is 30.6 Å². The molecule has 0 unspecified atom stereocenters. The van der Waals surface area contributed by atoms with Gasteiger partial charge < -0.3 is 4.90 Å². The Morgan fingerprint density at radius 3 is 2.34 bits per heavy atom. The van der Waals surface area contributed by atoms with Gasteiger partial charge in [-0.2, -0.15) is 5.10 Å². The van der Waals surface area contributed by atoms with E-state index in [0.29, 0.717) is 0 Å². The molecular weight excluding hydrogens is 362 g/mol. The first-order valence-electron chi connectivity index (χ1n) is 10.3. The van der Waals surface area contributed by atoms with Crippen LogP contribution < -0.4 is 4.90 Å². The van der Waals surface area contributed by atoms with Crippen molar-refractivity contribution in [2.75, 3.05) is 31.1 Å². The van der Waals surface area contributed by atoms with Crippen LogP contribution in [0.3, 0.4) is 0 Å². The summed E-state index contributed by atoms with van der Waals surface area (Å²) >= 11 is 0. The van der Waals surface area contributed by atoms with Crippen LogP contribution in [0.2, 0.25) is 0 Å².